The Morgan fingerprint density at radius 2 is 1.76 bits per heavy atom. The van der Waals surface area contributed by atoms with Crippen LogP contribution < -0.4 is 5.32 Å². The minimum absolute atomic E-state index is 0.0238. The molecule has 6 nitrogen and oxygen atoms in total. The largest absolute Gasteiger partial charge is 0.522 e. The van der Waals surface area contributed by atoms with E-state index in [9.17, 15) is 23.1 Å². The molecule has 2 rings (SSSR count). The Kier molecular flexibility index (Phi) is 4.84. The molecule has 0 radical (unpaired) electrons. The van der Waals surface area contributed by atoms with E-state index in [1.165, 1.54) is 0 Å². The van der Waals surface area contributed by atoms with Gasteiger partial charge >= 0.3 is 15.6 Å². The van der Waals surface area contributed by atoms with Crippen LogP contribution in [0.5, 0.6) is 5.75 Å². The predicted octanol–water partition coefficient (Wildman–Crippen LogP) is 1.98. The van der Waals surface area contributed by atoms with E-state index in [1.54, 1.807) is 6.07 Å². The Balaban J connectivity index is 0.000000240. The summed E-state index contributed by atoms with van der Waals surface area (Å²) < 4.78 is 57.5. The average molecular weight is 327 g/mol. The molecule has 0 spiro atoms. The number of hydrogen-bond acceptors (Lipinski definition) is 4. The summed E-state index contributed by atoms with van der Waals surface area (Å²) in [7, 11) is -5.84. The van der Waals surface area contributed by atoms with Crippen LogP contribution in [0, 0.1) is 6.92 Å². The number of phenols is 1. The van der Waals surface area contributed by atoms with Crippen molar-refractivity contribution in [2.24, 2.45) is 0 Å². The lowest BCUT2D eigenvalue weighted by Gasteiger charge is -2.18. The second-order valence-electron chi connectivity index (χ2n) is 4.23. The number of benzene rings is 1. The molecular formula is C11H12F3NO5S. The van der Waals surface area contributed by atoms with E-state index < -0.39 is 15.6 Å². The maximum atomic E-state index is 11.0. The quantitative estimate of drug-likeness (QED) is 0.499. The Hall–Kier alpha value is -1.81. The highest BCUT2D eigenvalue weighted by atomic mass is 32.2. The van der Waals surface area contributed by atoms with Gasteiger partial charge in [-0.25, -0.2) is 0 Å². The zero-order valence-corrected chi connectivity index (χ0v) is 11.5. The fourth-order valence-electron chi connectivity index (χ4n) is 1.57. The second kappa shape index (κ2) is 5.90. The van der Waals surface area contributed by atoms with Crippen LogP contribution in [-0.4, -0.2) is 29.5 Å². The van der Waals surface area contributed by atoms with Crippen LogP contribution in [0.25, 0.3) is 0 Å². The molecular weight excluding hydrogens is 315 g/mol. The molecule has 0 unspecified atom stereocenters. The first kappa shape index (κ1) is 17.2. The molecule has 118 valence electrons. The highest BCUT2D eigenvalue weighted by molar-refractivity contribution is 7.86. The van der Waals surface area contributed by atoms with Gasteiger partial charge in [-0.3, -0.25) is 9.35 Å². The maximum absolute atomic E-state index is 11.0. The predicted molar refractivity (Wildman–Crippen MR) is 67.4 cm³/mol. The first-order valence-electron chi connectivity index (χ1n) is 5.58. The molecule has 0 fully saturated rings. The van der Waals surface area contributed by atoms with Crippen molar-refractivity contribution in [2.75, 3.05) is 5.32 Å². The minimum Gasteiger partial charge on any atom is -0.507 e. The summed E-state index contributed by atoms with van der Waals surface area (Å²) in [5, 5.41) is 12.4. The highest BCUT2D eigenvalue weighted by Gasteiger charge is 2.44. The lowest BCUT2D eigenvalue weighted by molar-refractivity contribution is -0.116. The number of phenolic OH excluding ortho intramolecular Hbond substituents is 1. The third-order valence-corrected chi connectivity index (χ3v) is 3.24. The third-order valence-electron chi connectivity index (χ3n) is 2.65. The topological polar surface area (TPSA) is 104 Å². The number of rotatable bonds is 0. The lowest BCUT2D eigenvalue weighted by atomic mass is 9.99. The van der Waals surface area contributed by atoms with Crippen molar-refractivity contribution in [3.05, 3.63) is 23.3 Å². The molecule has 21 heavy (non-hydrogen) atoms. The number of halogens is 3. The van der Waals surface area contributed by atoms with Crippen LogP contribution in [0.2, 0.25) is 0 Å². The summed E-state index contributed by atoms with van der Waals surface area (Å²) in [5.74, 6) is 0.341. The van der Waals surface area contributed by atoms with Crippen molar-refractivity contribution in [2.45, 2.75) is 25.3 Å². The number of carbonyl (C=O) groups excluding carboxylic acids is 1. The number of amides is 1. The number of hydrogen-bond donors (Lipinski definition) is 3. The van der Waals surface area contributed by atoms with Gasteiger partial charge in [-0.15, -0.1) is 0 Å². The van der Waals surface area contributed by atoms with Crippen LogP contribution in [-0.2, 0) is 21.3 Å². The van der Waals surface area contributed by atoms with Gasteiger partial charge in [0.25, 0.3) is 0 Å². The molecule has 10 heteroatoms. The van der Waals surface area contributed by atoms with Gasteiger partial charge in [0.15, 0.2) is 0 Å². The van der Waals surface area contributed by atoms with E-state index in [4.69, 9.17) is 13.0 Å². The monoisotopic (exact) mass is 327 g/mol. The molecule has 1 aliphatic rings. The van der Waals surface area contributed by atoms with E-state index in [1.807, 2.05) is 13.0 Å². The number of nitrogens with one attached hydrogen (secondary N) is 1. The fourth-order valence-corrected chi connectivity index (χ4v) is 1.57. The van der Waals surface area contributed by atoms with Gasteiger partial charge in [-0.2, -0.15) is 21.6 Å². The van der Waals surface area contributed by atoms with E-state index in [2.05, 4.69) is 5.32 Å². The van der Waals surface area contributed by atoms with Gasteiger partial charge in [0, 0.05) is 17.7 Å². The molecule has 1 aromatic rings. The fraction of sp³-hybridized carbons (Fsp3) is 0.364. The van der Waals surface area contributed by atoms with E-state index in [0.717, 1.165) is 16.8 Å². The van der Waals surface area contributed by atoms with E-state index >= 15 is 0 Å². The number of alkyl halides is 3. The zero-order chi connectivity index (χ0) is 16.4. The normalized spacial score (nSPS) is 14.6. The minimum atomic E-state index is -5.84. The van der Waals surface area contributed by atoms with Gasteiger partial charge in [-0.05, 0) is 25.0 Å². The van der Waals surface area contributed by atoms with Crippen LogP contribution in [0.4, 0.5) is 18.9 Å². The van der Waals surface area contributed by atoms with Crippen LogP contribution in [0.3, 0.4) is 0 Å². The first-order chi connectivity index (χ1) is 9.43. The molecule has 0 aromatic heterocycles. The summed E-state index contributed by atoms with van der Waals surface area (Å²) in [5.41, 5.74) is -3.07. The van der Waals surface area contributed by atoms with E-state index in [-0.39, 0.29) is 5.91 Å². The Morgan fingerprint density at radius 1 is 1.24 bits per heavy atom. The standard InChI is InChI=1S/C10H11NO2.CHF3O3S/c1-6-2-4-8-7(10(6)13)3-5-9(12)11-8;2-1(3,4)8(5,6)7/h2,4,13H,3,5H2,1H3,(H,11,12);(H,5,6,7). The van der Waals surface area contributed by atoms with Gasteiger partial charge in [0.1, 0.15) is 5.75 Å². The number of fused-ring (bicyclic) bond motifs is 1. The summed E-state index contributed by atoms with van der Waals surface area (Å²) in [6.45, 7) is 1.85. The molecule has 1 aromatic carbocycles. The van der Waals surface area contributed by atoms with Crippen molar-refractivity contribution >= 4 is 21.7 Å². The molecule has 0 aliphatic carbocycles. The molecule has 1 aliphatic heterocycles. The van der Waals surface area contributed by atoms with Crippen molar-refractivity contribution in [3.8, 4) is 5.75 Å². The van der Waals surface area contributed by atoms with Crippen LogP contribution in [0.15, 0.2) is 12.1 Å². The summed E-state index contributed by atoms with van der Waals surface area (Å²) >= 11 is 0. The molecule has 0 atom stereocenters. The smallest absolute Gasteiger partial charge is 0.507 e. The Labute approximate surface area is 118 Å². The van der Waals surface area contributed by atoms with Gasteiger partial charge in [0.05, 0.1) is 0 Å². The molecule has 3 N–H and O–H groups in total. The van der Waals surface area contributed by atoms with Gasteiger partial charge in [0.2, 0.25) is 5.91 Å². The summed E-state index contributed by atoms with van der Waals surface area (Å²) in [4.78, 5) is 11.0. The van der Waals surface area contributed by atoms with Crippen molar-refractivity contribution in [1.82, 2.24) is 0 Å². The van der Waals surface area contributed by atoms with Crippen molar-refractivity contribution in [3.63, 3.8) is 0 Å². The van der Waals surface area contributed by atoms with Crippen molar-refractivity contribution in [1.29, 1.82) is 0 Å². The Morgan fingerprint density at radius 3 is 2.24 bits per heavy atom. The zero-order valence-electron chi connectivity index (χ0n) is 10.7. The molecule has 0 saturated carbocycles. The van der Waals surface area contributed by atoms with Gasteiger partial charge < -0.3 is 10.4 Å². The lowest BCUT2D eigenvalue weighted by Crippen LogP contribution is -2.21. The SMILES string of the molecule is Cc1ccc2c(c1O)CCC(=O)N2.O=S(=O)(O)C(F)(F)F. The maximum Gasteiger partial charge on any atom is 0.522 e. The molecule has 0 saturated heterocycles. The summed E-state index contributed by atoms with van der Waals surface area (Å²) in [6, 6.07) is 3.64. The van der Waals surface area contributed by atoms with Gasteiger partial charge in [-0.1, -0.05) is 6.07 Å². The number of carbonyl (C=O) groups is 1. The van der Waals surface area contributed by atoms with Crippen LogP contribution in [0.1, 0.15) is 17.5 Å². The first-order valence-corrected chi connectivity index (χ1v) is 7.02. The van der Waals surface area contributed by atoms with Crippen LogP contribution >= 0.6 is 0 Å². The number of aromatic hydroxyl groups is 1. The summed E-state index contributed by atoms with van der Waals surface area (Å²) in [6.07, 6.45) is 1.10. The van der Waals surface area contributed by atoms with Crippen molar-refractivity contribution < 1.29 is 36.0 Å². The molecule has 0 bridgehead atoms. The molecule has 1 amide bonds. The number of anilines is 1. The third kappa shape index (κ3) is 4.33. The number of aryl methyl sites for hydroxylation is 1. The molecule has 1 heterocycles. The second-order valence-corrected chi connectivity index (χ2v) is 5.64. The van der Waals surface area contributed by atoms with E-state index in [0.29, 0.717) is 18.6 Å². The Bertz CT molecular complexity index is 655. The highest BCUT2D eigenvalue weighted by Crippen LogP contribution is 2.32. The average Bonchev–Trinajstić information content (AvgIpc) is 2.32.